The van der Waals surface area contributed by atoms with E-state index in [1.807, 2.05) is 29.3 Å². The Hall–Kier alpha value is -1.89. The van der Waals surface area contributed by atoms with Crippen LogP contribution in [0.25, 0.3) is 11.3 Å². The van der Waals surface area contributed by atoms with Crippen molar-refractivity contribution in [1.82, 2.24) is 14.9 Å². The molecule has 0 saturated heterocycles. The maximum atomic E-state index is 4.85. The topological polar surface area (TPSA) is 41.1 Å². The van der Waals surface area contributed by atoms with Crippen molar-refractivity contribution < 1.29 is 0 Å². The van der Waals surface area contributed by atoms with Crippen LogP contribution >= 0.6 is 23.1 Å². The number of hydrogen-bond acceptors (Lipinski definition) is 6. The van der Waals surface area contributed by atoms with Crippen molar-refractivity contribution in [1.29, 1.82) is 0 Å². The van der Waals surface area contributed by atoms with E-state index in [1.165, 1.54) is 26.4 Å². The molecule has 0 fully saturated rings. The van der Waals surface area contributed by atoms with Gasteiger partial charge in [0, 0.05) is 39.5 Å². The third kappa shape index (κ3) is 3.63. The molecule has 26 heavy (non-hydrogen) atoms. The Bertz CT molecular complexity index is 942. The van der Waals surface area contributed by atoms with Crippen LogP contribution in [0.5, 0.6) is 0 Å². The highest BCUT2D eigenvalue weighted by Gasteiger charge is 2.22. The number of aromatic nitrogens is 2. The summed E-state index contributed by atoms with van der Waals surface area (Å²) in [7, 11) is 4.21. The molecule has 2 aromatic heterocycles. The number of anilines is 2. The van der Waals surface area contributed by atoms with Gasteiger partial charge in [-0.3, -0.25) is 0 Å². The number of nitrogens with zero attached hydrogens (tertiary/aromatic N) is 3. The highest BCUT2D eigenvalue weighted by atomic mass is 32.2. The first-order valence-electron chi connectivity index (χ1n) is 8.60. The van der Waals surface area contributed by atoms with Crippen molar-refractivity contribution in [3.05, 3.63) is 51.3 Å². The van der Waals surface area contributed by atoms with Crippen molar-refractivity contribution in [2.45, 2.75) is 31.0 Å². The second kappa shape index (κ2) is 7.02. The van der Waals surface area contributed by atoms with E-state index < -0.39 is 0 Å². The standard InChI is InChI=1S/C20H22N4S2/c1-12-5-13(2)7-14(6-12)22-20-21-9-17-19(23-20)16-8-15(10-24(3)4)26-18(16)11-25-17/h5-9H,10-11H2,1-4H3,(H,21,22,23). The summed E-state index contributed by atoms with van der Waals surface area (Å²) in [5.41, 5.74) is 5.82. The average Bonchev–Trinajstić information content (AvgIpc) is 2.96. The van der Waals surface area contributed by atoms with E-state index in [-0.39, 0.29) is 0 Å². The summed E-state index contributed by atoms with van der Waals surface area (Å²) in [5.74, 6) is 1.66. The van der Waals surface area contributed by atoms with Crippen molar-refractivity contribution in [3.8, 4) is 11.3 Å². The quantitative estimate of drug-likeness (QED) is 0.669. The van der Waals surface area contributed by atoms with Crippen molar-refractivity contribution >= 4 is 34.7 Å². The number of benzene rings is 1. The highest BCUT2D eigenvalue weighted by molar-refractivity contribution is 7.98. The molecule has 1 N–H and O–H groups in total. The molecule has 3 aromatic rings. The number of thiophene rings is 1. The van der Waals surface area contributed by atoms with E-state index in [4.69, 9.17) is 4.98 Å². The van der Waals surface area contributed by atoms with Crippen LogP contribution in [-0.4, -0.2) is 29.0 Å². The van der Waals surface area contributed by atoms with Crippen LogP contribution in [0.1, 0.15) is 20.9 Å². The largest absolute Gasteiger partial charge is 0.324 e. The number of aryl methyl sites for hydroxylation is 2. The summed E-state index contributed by atoms with van der Waals surface area (Å²) >= 11 is 3.73. The number of nitrogens with one attached hydrogen (secondary N) is 1. The van der Waals surface area contributed by atoms with Gasteiger partial charge in [-0.25, -0.2) is 9.97 Å². The van der Waals surface area contributed by atoms with Gasteiger partial charge in [-0.1, -0.05) is 6.07 Å². The predicted molar refractivity (Wildman–Crippen MR) is 111 cm³/mol. The smallest absolute Gasteiger partial charge is 0.227 e. The lowest BCUT2D eigenvalue weighted by molar-refractivity contribution is 0.406. The maximum absolute atomic E-state index is 4.85. The van der Waals surface area contributed by atoms with Crippen LogP contribution in [0.15, 0.2) is 35.4 Å². The minimum absolute atomic E-state index is 0.655. The summed E-state index contributed by atoms with van der Waals surface area (Å²) in [4.78, 5) is 15.5. The molecule has 1 aliphatic heterocycles. The molecular formula is C20H22N4S2. The van der Waals surface area contributed by atoms with Gasteiger partial charge in [0.25, 0.3) is 0 Å². The third-order valence-corrected chi connectivity index (χ3v) is 6.52. The van der Waals surface area contributed by atoms with Crippen LogP contribution in [0.2, 0.25) is 0 Å². The fraction of sp³-hybridized carbons (Fsp3) is 0.300. The average molecular weight is 383 g/mol. The molecule has 3 heterocycles. The fourth-order valence-electron chi connectivity index (χ4n) is 3.23. The lowest BCUT2D eigenvalue weighted by Gasteiger charge is -2.15. The molecule has 1 aliphatic rings. The van der Waals surface area contributed by atoms with Gasteiger partial charge < -0.3 is 10.2 Å². The summed E-state index contributed by atoms with van der Waals surface area (Å²) in [6.45, 7) is 5.18. The Morgan fingerprint density at radius 1 is 1.12 bits per heavy atom. The Kier molecular flexibility index (Phi) is 4.73. The number of hydrogen-bond donors (Lipinski definition) is 1. The Morgan fingerprint density at radius 3 is 2.62 bits per heavy atom. The number of thioether (sulfide) groups is 1. The van der Waals surface area contributed by atoms with Crippen molar-refractivity contribution in [2.75, 3.05) is 19.4 Å². The molecule has 0 saturated carbocycles. The second-order valence-corrected chi connectivity index (χ2v) is 9.22. The molecule has 0 bridgehead atoms. The zero-order valence-electron chi connectivity index (χ0n) is 15.5. The van der Waals surface area contributed by atoms with Gasteiger partial charge in [0.15, 0.2) is 0 Å². The minimum Gasteiger partial charge on any atom is -0.324 e. The zero-order chi connectivity index (χ0) is 18.3. The Labute approximate surface area is 162 Å². The number of fused-ring (bicyclic) bond motifs is 3. The van der Waals surface area contributed by atoms with E-state index in [9.17, 15) is 0 Å². The number of rotatable bonds is 4. The minimum atomic E-state index is 0.655. The predicted octanol–water partition coefficient (Wildman–Crippen LogP) is 5.23. The molecule has 0 amide bonds. The highest BCUT2D eigenvalue weighted by Crippen LogP contribution is 2.44. The first kappa shape index (κ1) is 17.5. The summed E-state index contributed by atoms with van der Waals surface area (Å²) in [5, 5.41) is 3.37. The molecule has 4 rings (SSSR count). The summed E-state index contributed by atoms with van der Waals surface area (Å²) < 4.78 is 0. The second-order valence-electron chi connectivity index (χ2n) is 6.98. The lowest BCUT2D eigenvalue weighted by Crippen LogP contribution is -2.09. The van der Waals surface area contributed by atoms with Crippen LogP contribution in [-0.2, 0) is 12.3 Å². The van der Waals surface area contributed by atoms with Crippen LogP contribution in [0, 0.1) is 13.8 Å². The van der Waals surface area contributed by atoms with E-state index in [2.05, 4.69) is 67.4 Å². The molecule has 134 valence electrons. The van der Waals surface area contributed by atoms with Gasteiger partial charge in [0.05, 0.1) is 10.6 Å². The fourth-order valence-corrected chi connectivity index (χ4v) is 5.59. The Morgan fingerprint density at radius 2 is 1.88 bits per heavy atom. The molecule has 0 spiro atoms. The van der Waals surface area contributed by atoms with Crippen LogP contribution in [0.4, 0.5) is 11.6 Å². The molecular weight excluding hydrogens is 360 g/mol. The van der Waals surface area contributed by atoms with Crippen LogP contribution < -0.4 is 5.32 Å². The lowest BCUT2D eigenvalue weighted by atomic mass is 10.1. The molecule has 0 atom stereocenters. The van der Waals surface area contributed by atoms with Crippen LogP contribution in [0.3, 0.4) is 0 Å². The summed E-state index contributed by atoms with van der Waals surface area (Å²) in [6.07, 6.45) is 1.95. The summed E-state index contributed by atoms with van der Waals surface area (Å²) in [6, 6.07) is 8.71. The third-order valence-electron chi connectivity index (χ3n) is 4.18. The molecule has 4 nitrogen and oxygen atoms in total. The van der Waals surface area contributed by atoms with E-state index in [1.54, 1.807) is 0 Å². The molecule has 0 aliphatic carbocycles. The molecule has 6 heteroatoms. The maximum Gasteiger partial charge on any atom is 0.227 e. The SMILES string of the molecule is Cc1cc(C)cc(Nc2ncc3c(n2)-c2cc(CN(C)C)sc2CS3)c1. The van der Waals surface area contributed by atoms with Gasteiger partial charge in [-0.2, -0.15) is 0 Å². The van der Waals surface area contributed by atoms with Gasteiger partial charge in [-0.15, -0.1) is 23.1 Å². The van der Waals surface area contributed by atoms with Gasteiger partial charge in [0.1, 0.15) is 0 Å². The van der Waals surface area contributed by atoms with E-state index in [0.717, 1.165) is 28.6 Å². The van der Waals surface area contributed by atoms with Gasteiger partial charge in [-0.05, 0) is 57.3 Å². The first-order chi connectivity index (χ1) is 12.5. The van der Waals surface area contributed by atoms with Gasteiger partial charge in [0.2, 0.25) is 5.95 Å². The monoisotopic (exact) mass is 382 g/mol. The molecule has 1 aromatic carbocycles. The Balaban J connectivity index is 1.67. The van der Waals surface area contributed by atoms with Crippen molar-refractivity contribution in [2.24, 2.45) is 0 Å². The van der Waals surface area contributed by atoms with E-state index in [0.29, 0.717) is 5.95 Å². The first-order valence-corrected chi connectivity index (χ1v) is 10.4. The van der Waals surface area contributed by atoms with E-state index >= 15 is 0 Å². The van der Waals surface area contributed by atoms with Crippen molar-refractivity contribution in [3.63, 3.8) is 0 Å². The van der Waals surface area contributed by atoms with Gasteiger partial charge >= 0.3 is 0 Å². The zero-order valence-corrected chi connectivity index (χ0v) is 17.1. The molecule has 0 unspecified atom stereocenters. The normalized spacial score (nSPS) is 12.8. The molecule has 0 radical (unpaired) electrons.